The van der Waals surface area contributed by atoms with E-state index in [-0.39, 0.29) is 29.4 Å². The normalized spacial score (nSPS) is 11.4. The number of sulfonamides is 1. The van der Waals surface area contributed by atoms with Gasteiger partial charge in [0.1, 0.15) is 29.6 Å². The van der Waals surface area contributed by atoms with Gasteiger partial charge in [0.25, 0.3) is 0 Å². The largest absolute Gasteiger partial charge is 0.495 e. The van der Waals surface area contributed by atoms with Crippen LogP contribution in [0.1, 0.15) is 35.3 Å². The van der Waals surface area contributed by atoms with Crippen molar-refractivity contribution in [1.29, 1.82) is 0 Å². The number of methoxy groups -OCH3 is 1. The molecule has 0 saturated heterocycles. The Morgan fingerprint density at radius 3 is 2.20 bits per heavy atom. The topological polar surface area (TPSA) is 82.1 Å². The fourth-order valence-electron chi connectivity index (χ4n) is 3.10. The minimum atomic E-state index is -3.79. The van der Waals surface area contributed by atoms with Crippen LogP contribution in [0.5, 0.6) is 11.5 Å². The van der Waals surface area contributed by atoms with Crippen molar-refractivity contribution >= 4 is 16.0 Å². The van der Waals surface area contributed by atoms with Crippen molar-refractivity contribution in [1.82, 2.24) is 4.31 Å². The Morgan fingerprint density at radius 2 is 1.63 bits per heavy atom. The maximum atomic E-state index is 12.9. The molecule has 0 atom stereocenters. The molecule has 0 unspecified atom stereocenters. The Morgan fingerprint density at radius 1 is 1.00 bits per heavy atom. The third kappa shape index (κ3) is 5.31. The molecule has 8 heteroatoms. The molecule has 30 heavy (non-hydrogen) atoms. The van der Waals surface area contributed by atoms with Gasteiger partial charge in [0, 0.05) is 13.1 Å². The van der Waals surface area contributed by atoms with Gasteiger partial charge >= 0.3 is 5.97 Å². The van der Waals surface area contributed by atoms with Gasteiger partial charge in [-0.15, -0.1) is 0 Å². The van der Waals surface area contributed by atoms with Crippen molar-refractivity contribution in [3.8, 4) is 11.5 Å². The molecule has 0 saturated carbocycles. The van der Waals surface area contributed by atoms with Crippen LogP contribution < -0.4 is 9.47 Å². The van der Waals surface area contributed by atoms with E-state index < -0.39 is 16.0 Å². The van der Waals surface area contributed by atoms with E-state index in [2.05, 4.69) is 0 Å². The highest BCUT2D eigenvalue weighted by atomic mass is 32.2. The molecule has 0 N–H and O–H groups in total. The van der Waals surface area contributed by atoms with Crippen LogP contribution in [-0.4, -0.2) is 52.1 Å². The average molecular weight is 436 g/mol. The lowest BCUT2D eigenvalue weighted by molar-refractivity contribution is 0.0449. The molecule has 2 rings (SSSR count). The molecule has 0 heterocycles. The fourth-order valence-corrected chi connectivity index (χ4v) is 4.74. The van der Waals surface area contributed by atoms with Crippen LogP contribution in [0.15, 0.2) is 41.3 Å². The number of rotatable bonds is 10. The van der Waals surface area contributed by atoms with Crippen molar-refractivity contribution in [2.24, 2.45) is 0 Å². The fraction of sp³-hybridized carbons (Fsp3) is 0.409. The molecule has 0 spiro atoms. The van der Waals surface area contributed by atoms with Crippen LogP contribution in [0, 0.1) is 13.8 Å². The van der Waals surface area contributed by atoms with Gasteiger partial charge in [-0.2, -0.15) is 4.31 Å². The van der Waals surface area contributed by atoms with E-state index in [0.717, 1.165) is 16.9 Å². The Hall–Kier alpha value is -2.58. The number of nitrogens with zero attached hydrogens (tertiary/aromatic N) is 1. The second-order valence-electron chi connectivity index (χ2n) is 6.66. The predicted octanol–water partition coefficient (Wildman–Crippen LogP) is 3.58. The average Bonchev–Trinajstić information content (AvgIpc) is 2.72. The molecule has 2 aromatic rings. The minimum absolute atomic E-state index is 0.0385. The van der Waals surface area contributed by atoms with E-state index in [1.165, 1.54) is 29.6 Å². The van der Waals surface area contributed by atoms with Gasteiger partial charge < -0.3 is 14.2 Å². The van der Waals surface area contributed by atoms with E-state index in [0.29, 0.717) is 13.1 Å². The number of benzene rings is 2. The summed E-state index contributed by atoms with van der Waals surface area (Å²) in [6, 6.07) is 10.1. The van der Waals surface area contributed by atoms with E-state index in [4.69, 9.17) is 14.2 Å². The van der Waals surface area contributed by atoms with Gasteiger partial charge in [-0.1, -0.05) is 32.0 Å². The summed E-state index contributed by atoms with van der Waals surface area (Å²) in [7, 11) is -2.41. The highest BCUT2D eigenvalue weighted by Crippen LogP contribution is 2.28. The maximum absolute atomic E-state index is 12.9. The van der Waals surface area contributed by atoms with E-state index in [1.54, 1.807) is 13.8 Å². The first-order valence-corrected chi connectivity index (χ1v) is 11.2. The summed E-state index contributed by atoms with van der Waals surface area (Å²) in [4.78, 5) is 12.4. The Kier molecular flexibility index (Phi) is 8.25. The molecular formula is C22H29NO6S. The lowest BCUT2D eigenvalue weighted by Crippen LogP contribution is -2.31. The third-order valence-electron chi connectivity index (χ3n) is 4.69. The number of aryl methyl sites for hydroxylation is 2. The van der Waals surface area contributed by atoms with E-state index in [1.807, 2.05) is 32.0 Å². The van der Waals surface area contributed by atoms with Gasteiger partial charge in [0.2, 0.25) is 10.0 Å². The summed E-state index contributed by atoms with van der Waals surface area (Å²) in [6.45, 7) is 8.25. The predicted molar refractivity (Wildman–Crippen MR) is 115 cm³/mol. The molecule has 0 amide bonds. The lowest BCUT2D eigenvalue weighted by atomic mass is 10.1. The first-order valence-electron chi connectivity index (χ1n) is 9.80. The highest BCUT2D eigenvalue weighted by molar-refractivity contribution is 7.89. The van der Waals surface area contributed by atoms with Gasteiger partial charge in [-0.3, -0.25) is 0 Å². The number of ether oxygens (including phenoxy) is 3. The van der Waals surface area contributed by atoms with Crippen LogP contribution in [0.25, 0.3) is 0 Å². The highest BCUT2D eigenvalue weighted by Gasteiger charge is 2.27. The quantitative estimate of drug-likeness (QED) is 0.419. The lowest BCUT2D eigenvalue weighted by Gasteiger charge is -2.20. The molecule has 0 aromatic heterocycles. The summed E-state index contributed by atoms with van der Waals surface area (Å²) in [6.07, 6.45) is 0. The first kappa shape index (κ1) is 23.7. The van der Waals surface area contributed by atoms with Crippen LogP contribution in [-0.2, 0) is 14.8 Å². The second-order valence-corrected chi connectivity index (χ2v) is 8.57. The van der Waals surface area contributed by atoms with Crippen LogP contribution >= 0.6 is 0 Å². The molecule has 164 valence electrons. The zero-order valence-corrected chi connectivity index (χ0v) is 18.9. The summed E-state index contributed by atoms with van der Waals surface area (Å²) >= 11 is 0. The molecule has 0 aliphatic rings. The number of esters is 1. The third-order valence-corrected chi connectivity index (χ3v) is 6.77. The van der Waals surface area contributed by atoms with Crippen molar-refractivity contribution in [2.75, 3.05) is 33.4 Å². The summed E-state index contributed by atoms with van der Waals surface area (Å²) in [5.74, 6) is 0.321. The first-order chi connectivity index (χ1) is 14.3. The maximum Gasteiger partial charge on any atom is 0.338 e. The van der Waals surface area contributed by atoms with Gasteiger partial charge in [0.05, 0.1) is 12.7 Å². The van der Waals surface area contributed by atoms with Gasteiger partial charge in [0.15, 0.2) is 0 Å². The zero-order valence-electron chi connectivity index (χ0n) is 18.1. The second kappa shape index (κ2) is 10.4. The molecular weight excluding hydrogens is 406 g/mol. The van der Waals surface area contributed by atoms with Crippen LogP contribution in [0.3, 0.4) is 0 Å². The summed E-state index contributed by atoms with van der Waals surface area (Å²) < 4.78 is 43.3. The molecule has 0 fully saturated rings. The number of para-hydroxylation sites is 1. The smallest absolute Gasteiger partial charge is 0.338 e. The molecule has 0 bridgehead atoms. The van der Waals surface area contributed by atoms with Crippen LogP contribution in [0.4, 0.5) is 0 Å². The Bertz CT molecular complexity index is 963. The van der Waals surface area contributed by atoms with Crippen molar-refractivity contribution in [2.45, 2.75) is 32.6 Å². The van der Waals surface area contributed by atoms with E-state index >= 15 is 0 Å². The molecule has 0 radical (unpaired) electrons. The zero-order chi connectivity index (χ0) is 22.3. The van der Waals surface area contributed by atoms with Gasteiger partial charge in [-0.25, -0.2) is 13.2 Å². The monoisotopic (exact) mass is 435 g/mol. The SMILES string of the molecule is CCN(CC)S(=O)(=O)c1cc(C(=O)OCCOc2c(C)cccc2C)ccc1OC. The summed E-state index contributed by atoms with van der Waals surface area (Å²) in [5.41, 5.74) is 2.14. The number of carbonyl (C=O) groups excluding carboxylic acids is 1. The molecule has 2 aromatic carbocycles. The Balaban J connectivity index is 2.11. The van der Waals surface area contributed by atoms with Gasteiger partial charge in [-0.05, 0) is 43.2 Å². The standard InChI is InChI=1S/C22H29NO6S/c1-6-23(7-2)30(25,26)20-15-18(11-12-19(20)27-5)22(24)29-14-13-28-21-16(3)9-8-10-17(21)4/h8-12,15H,6-7,13-14H2,1-5H3. The summed E-state index contributed by atoms with van der Waals surface area (Å²) in [5, 5.41) is 0. The molecule has 7 nitrogen and oxygen atoms in total. The molecule has 0 aliphatic carbocycles. The Labute approximate surface area is 178 Å². The van der Waals surface area contributed by atoms with Crippen LogP contribution in [0.2, 0.25) is 0 Å². The number of carbonyl (C=O) groups is 1. The van der Waals surface area contributed by atoms with Crippen molar-refractivity contribution in [3.05, 3.63) is 53.1 Å². The van der Waals surface area contributed by atoms with Crippen molar-refractivity contribution < 1.29 is 27.4 Å². The van der Waals surface area contributed by atoms with Crippen molar-refractivity contribution in [3.63, 3.8) is 0 Å². The van der Waals surface area contributed by atoms with E-state index in [9.17, 15) is 13.2 Å². The number of hydrogen-bond donors (Lipinski definition) is 0. The number of hydrogen-bond acceptors (Lipinski definition) is 6. The minimum Gasteiger partial charge on any atom is -0.495 e. The molecule has 0 aliphatic heterocycles.